The summed E-state index contributed by atoms with van der Waals surface area (Å²) >= 11 is 0. The van der Waals surface area contributed by atoms with Crippen molar-refractivity contribution < 1.29 is 14.3 Å². The van der Waals surface area contributed by atoms with Gasteiger partial charge in [0, 0.05) is 19.0 Å². The van der Waals surface area contributed by atoms with Crippen molar-refractivity contribution in [2.75, 3.05) is 20.2 Å². The fraction of sp³-hybridized carbons (Fsp3) is 0.846. The van der Waals surface area contributed by atoms with Crippen molar-refractivity contribution in [1.29, 1.82) is 0 Å². The van der Waals surface area contributed by atoms with E-state index in [-0.39, 0.29) is 23.7 Å². The molecule has 17 heavy (non-hydrogen) atoms. The van der Waals surface area contributed by atoms with Gasteiger partial charge in [-0.2, -0.15) is 0 Å². The Hall–Kier alpha value is -1.06. The van der Waals surface area contributed by atoms with Crippen LogP contribution in [0.4, 0.5) is 0 Å². The second kappa shape index (κ2) is 8.09. The highest BCUT2D eigenvalue weighted by atomic mass is 16.5. The molecule has 1 amide bonds. The van der Waals surface area contributed by atoms with Crippen LogP contribution < -0.4 is 0 Å². The molecular formula is C13H25NO3. The molecule has 4 nitrogen and oxygen atoms in total. The summed E-state index contributed by atoms with van der Waals surface area (Å²) in [6.45, 7) is 9.15. The molecular weight excluding hydrogens is 218 g/mol. The molecule has 1 rings (SSSR count). The summed E-state index contributed by atoms with van der Waals surface area (Å²) in [4.78, 5) is 24.7. The van der Waals surface area contributed by atoms with E-state index in [2.05, 4.69) is 0 Å². The van der Waals surface area contributed by atoms with Gasteiger partial charge in [0.15, 0.2) is 0 Å². The van der Waals surface area contributed by atoms with Gasteiger partial charge in [-0.25, -0.2) is 0 Å². The van der Waals surface area contributed by atoms with Gasteiger partial charge in [-0.15, -0.1) is 0 Å². The Morgan fingerprint density at radius 2 is 1.65 bits per heavy atom. The maximum absolute atomic E-state index is 11.7. The Labute approximate surface area is 104 Å². The van der Waals surface area contributed by atoms with Crippen LogP contribution in [0.2, 0.25) is 0 Å². The van der Waals surface area contributed by atoms with Gasteiger partial charge in [0.2, 0.25) is 5.91 Å². The number of ether oxygens (including phenoxy) is 1. The lowest BCUT2D eigenvalue weighted by Gasteiger charge is -2.31. The molecule has 1 heterocycles. The normalized spacial score (nSPS) is 16.2. The summed E-state index contributed by atoms with van der Waals surface area (Å²) in [6.07, 6.45) is 1.45. The number of carbonyl (C=O) groups excluding carboxylic acids is 2. The quantitative estimate of drug-likeness (QED) is 0.698. The molecule has 0 atom stereocenters. The molecule has 0 aromatic heterocycles. The van der Waals surface area contributed by atoms with Gasteiger partial charge >= 0.3 is 5.97 Å². The van der Waals surface area contributed by atoms with Crippen LogP contribution in [0.5, 0.6) is 0 Å². The van der Waals surface area contributed by atoms with Gasteiger partial charge < -0.3 is 9.64 Å². The fourth-order valence-electron chi connectivity index (χ4n) is 1.87. The second-order valence-corrected chi connectivity index (χ2v) is 4.28. The first-order chi connectivity index (χ1) is 8.06. The number of piperidine rings is 1. The maximum Gasteiger partial charge on any atom is 0.308 e. The van der Waals surface area contributed by atoms with Crippen LogP contribution in [-0.2, 0) is 14.3 Å². The summed E-state index contributed by atoms with van der Waals surface area (Å²) in [5, 5.41) is 0. The van der Waals surface area contributed by atoms with E-state index in [9.17, 15) is 9.59 Å². The molecule has 1 saturated heterocycles. The monoisotopic (exact) mass is 243 g/mol. The third-order valence-electron chi connectivity index (χ3n) is 2.84. The average molecular weight is 243 g/mol. The number of likely N-dealkylation sites (tertiary alicyclic amines) is 1. The highest BCUT2D eigenvalue weighted by Crippen LogP contribution is 2.19. The Morgan fingerprint density at radius 3 is 2.00 bits per heavy atom. The van der Waals surface area contributed by atoms with Crippen LogP contribution in [0.25, 0.3) is 0 Å². The van der Waals surface area contributed by atoms with E-state index in [1.165, 1.54) is 7.11 Å². The van der Waals surface area contributed by atoms with Gasteiger partial charge in [0.1, 0.15) is 0 Å². The summed E-state index contributed by atoms with van der Waals surface area (Å²) in [7, 11) is 1.41. The van der Waals surface area contributed by atoms with E-state index in [0.29, 0.717) is 13.1 Å². The van der Waals surface area contributed by atoms with Crippen LogP contribution in [0, 0.1) is 11.8 Å². The SMILES string of the molecule is CC.COC(=O)C1CCN(C(=O)C(C)C)CC1. The maximum atomic E-state index is 11.7. The molecule has 0 unspecified atom stereocenters. The Bertz CT molecular complexity index is 243. The summed E-state index contributed by atoms with van der Waals surface area (Å²) in [5.74, 6) is 0.0517. The number of carbonyl (C=O) groups is 2. The van der Waals surface area contributed by atoms with Crippen molar-refractivity contribution in [1.82, 2.24) is 4.90 Å². The topological polar surface area (TPSA) is 46.6 Å². The van der Waals surface area contributed by atoms with E-state index >= 15 is 0 Å². The molecule has 0 aliphatic carbocycles. The average Bonchev–Trinajstić information content (AvgIpc) is 2.39. The number of hydrogen-bond acceptors (Lipinski definition) is 3. The lowest BCUT2D eigenvalue weighted by atomic mass is 9.96. The highest BCUT2D eigenvalue weighted by molar-refractivity contribution is 5.79. The van der Waals surface area contributed by atoms with Crippen molar-refractivity contribution in [2.45, 2.75) is 40.5 Å². The molecule has 0 radical (unpaired) electrons. The van der Waals surface area contributed by atoms with Gasteiger partial charge in [-0.05, 0) is 12.8 Å². The second-order valence-electron chi connectivity index (χ2n) is 4.28. The molecule has 1 aliphatic rings. The van der Waals surface area contributed by atoms with Crippen LogP contribution >= 0.6 is 0 Å². The van der Waals surface area contributed by atoms with E-state index in [4.69, 9.17) is 4.74 Å². The van der Waals surface area contributed by atoms with Gasteiger partial charge in [-0.1, -0.05) is 27.7 Å². The molecule has 100 valence electrons. The molecule has 0 N–H and O–H groups in total. The fourth-order valence-corrected chi connectivity index (χ4v) is 1.87. The number of esters is 1. The molecule has 0 bridgehead atoms. The van der Waals surface area contributed by atoms with Gasteiger partial charge in [-0.3, -0.25) is 9.59 Å². The zero-order valence-electron chi connectivity index (χ0n) is 11.7. The summed E-state index contributed by atoms with van der Waals surface area (Å²) < 4.78 is 4.69. The molecule has 0 saturated carbocycles. The number of amides is 1. The number of rotatable bonds is 2. The minimum Gasteiger partial charge on any atom is -0.469 e. The minimum atomic E-state index is -0.147. The first-order valence-corrected chi connectivity index (χ1v) is 6.43. The zero-order valence-corrected chi connectivity index (χ0v) is 11.7. The summed E-state index contributed by atoms with van der Waals surface area (Å²) in [6, 6.07) is 0. The molecule has 0 aromatic carbocycles. The molecule has 0 aromatic rings. The smallest absolute Gasteiger partial charge is 0.308 e. The van der Waals surface area contributed by atoms with Crippen LogP contribution in [-0.4, -0.2) is 37.0 Å². The minimum absolute atomic E-state index is 0.0220. The molecule has 1 fully saturated rings. The predicted octanol–water partition coefficient (Wildman–Crippen LogP) is 2.08. The number of nitrogens with zero attached hydrogens (tertiary/aromatic N) is 1. The van der Waals surface area contributed by atoms with Crippen molar-refractivity contribution >= 4 is 11.9 Å². The zero-order chi connectivity index (χ0) is 13.4. The Balaban J connectivity index is 0.00000121. The lowest BCUT2D eigenvalue weighted by Crippen LogP contribution is -2.42. The third kappa shape index (κ3) is 4.75. The summed E-state index contributed by atoms with van der Waals surface area (Å²) in [5.41, 5.74) is 0. The van der Waals surface area contributed by atoms with Crippen molar-refractivity contribution in [3.8, 4) is 0 Å². The number of methoxy groups -OCH3 is 1. The standard InChI is InChI=1S/C11H19NO3.C2H6/c1-8(2)10(13)12-6-4-9(5-7-12)11(14)15-3;1-2/h8-9H,4-7H2,1-3H3;1-2H3. The van der Waals surface area contributed by atoms with Crippen LogP contribution in [0.3, 0.4) is 0 Å². The predicted molar refractivity (Wildman–Crippen MR) is 67.5 cm³/mol. The van der Waals surface area contributed by atoms with E-state index in [0.717, 1.165) is 12.8 Å². The third-order valence-corrected chi connectivity index (χ3v) is 2.84. The lowest BCUT2D eigenvalue weighted by molar-refractivity contribution is -0.149. The van der Waals surface area contributed by atoms with E-state index < -0.39 is 0 Å². The van der Waals surface area contributed by atoms with Crippen molar-refractivity contribution in [3.63, 3.8) is 0 Å². The Kier molecular flexibility index (Phi) is 7.59. The molecule has 0 spiro atoms. The van der Waals surface area contributed by atoms with Crippen LogP contribution in [0.15, 0.2) is 0 Å². The first kappa shape index (κ1) is 15.9. The highest BCUT2D eigenvalue weighted by Gasteiger charge is 2.28. The van der Waals surface area contributed by atoms with Gasteiger partial charge in [0.25, 0.3) is 0 Å². The molecule has 4 heteroatoms. The molecule has 1 aliphatic heterocycles. The first-order valence-electron chi connectivity index (χ1n) is 6.43. The van der Waals surface area contributed by atoms with Crippen LogP contribution in [0.1, 0.15) is 40.5 Å². The van der Waals surface area contributed by atoms with Crippen molar-refractivity contribution in [2.24, 2.45) is 11.8 Å². The van der Waals surface area contributed by atoms with Crippen molar-refractivity contribution in [3.05, 3.63) is 0 Å². The van der Waals surface area contributed by atoms with E-state index in [1.54, 1.807) is 0 Å². The largest absolute Gasteiger partial charge is 0.469 e. The van der Waals surface area contributed by atoms with Gasteiger partial charge in [0.05, 0.1) is 13.0 Å². The Morgan fingerprint density at radius 1 is 1.18 bits per heavy atom. The van der Waals surface area contributed by atoms with E-state index in [1.807, 2.05) is 32.6 Å². The number of hydrogen-bond donors (Lipinski definition) is 0.